The molecule has 23 heavy (non-hydrogen) atoms. The molecule has 0 aliphatic rings. The van der Waals surface area contributed by atoms with Gasteiger partial charge < -0.3 is 5.32 Å². The van der Waals surface area contributed by atoms with E-state index in [1.165, 1.54) is 6.08 Å². The van der Waals surface area contributed by atoms with Gasteiger partial charge in [-0.25, -0.2) is 4.68 Å². The topological polar surface area (TPSA) is 46.9 Å². The summed E-state index contributed by atoms with van der Waals surface area (Å²) in [7, 11) is 0. The Bertz CT molecular complexity index is 824. The highest BCUT2D eigenvalue weighted by Gasteiger charge is 2.00. The quantitative estimate of drug-likeness (QED) is 0.699. The average molecular weight is 368 g/mol. The van der Waals surface area contributed by atoms with Crippen LogP contribution in [-0.2, 0) is 4.79 Å². The first-order valence-electron chi connectivity index (χ1n) is 7.06. The molecule has 0 bridgehead atoms. The van der Waals surface area contributed by atoms with Crippen molar-refractivity contribution in [2.75, 3.05) is 5.32 Å². The zero-order valence-electron chi connectivity index (χ0n) is 12.2. The molecule has 4 nitrogen and oxygen atoms in total. The van der Waals surface area contributed by atoms with Crippen LogP contribution in [0.2, 0.25) is 0 Å². The van der Waals surface area contributed by atoms with E-state index in [1.807, 2.05) is 60.8 Å². The molecule has 2 aromatic carbocycles. The van der Waals surface area contributed by atoms with Crippen molar-refractivity contribution in [2.45, 2.75) is 0 Å². The molecule has 1 heterocycles. The van der Waals surface area contributed by atoms with Gasteiger partial charge in [0.15, 0.2) is 0 Å². The smallest absolute Gasteiger partial charge is 0.248 e. The summed E-state index contributed by atoms with van der Waals surface area (Å²) >= 11 is 3.45. The van der Waals surface area contributed by atoms with Gasteiger partial charge >= 0.3 is 0 Å². The van der Waals surface area contributed by atoms with Crippen LogP contribution >= 0.6 is 15.9 Å². The Morgan fingerprint density at radius 2 is 1.87 bits per heavy atom. The number of hydrogen-bond donors (Lipinski definition) is 1. The number of halogens is 1. The van der Waals surface area contributed by atoms with Gasteiger partial charge in [-0.15, -0.1) is 0 Å². The van der Waals surface area contributed by atoms with E-state index >= 15 is 0 Å². The molecule has 3 aromatic rings. The normalized spacial score (nSPS) is 10.8. The number of hydrogen-bond acceptors (Lipinski definition) is 2. The van der Waals surface area contributed by atoms with Gasteiger partial charge in [-0.05, 0) is 48.0 Å². The van der Waals surface area contributed by atoms with Crippen LogP contribution in [0.25, 0.3) is 11.8 Å². The van der Waals surface area contributed by atoms with Gasteiger partial charge in [0, 0.05) is 28.6 Å². The largest absolute Gasteiger partial charge is 0.323 e. The van der Waals surface area contributed by atoms with Crippen LogP contribution in [-0.4, -0.2) is 15.7 Å². The Morgan fingerprint density at radius 1 is 1.09 bits per heavy atom. The molecule has 3 rings (SSSR count). The van der Waals surface area contributed by atoms with Gasteiger partial charge in [-0.2, -0.15) is 5.10 Å². The molecule has 0 unspecified atom stereocenters. The first kappa shape index (κ1) is 15.2. The highest BCUT2D eigenvalue weighted by atomic mass is 79.9. The molecule has 1 N–H and O–H groups in total. The van der Waals surface area contributed by atoms with Crippen LogP contribution in [0.4, 0.5) is 5.69 Å². The lowest BCUT2D eigenvalue weighted by Gasteiger charge is -2.05. The van der Waals surface area contributed by atoms with E-state index in [-0.39, 0.29) is 5.91 Å². The molecule has 114 valence electrons. The summed E-state index contributed by atoms with van der Waals surface area (Å²) in [5, 5.41) is 7.00. The Kier molecular flexibility index (Phi) is 4.68. The molecular formula is C18H14BrN3O. The lowest BCUT2D eigenvalue weighted by Crippen LogP contribution is -2.07. The van der Waals surface area contributed by atoms with Crippen LogP contribution in [0.3, 0.4) is 0 Å². The Hall–Kier alpha value is -2.66. The molecule has 0 spiro atoms. The minimum absolute atomic E-state index is 0.174. The zero-order chi connectivity index (χ0) is 16.1. The molecule has 0 atom stereocenters. The first-order valence-corrected chi connectivity index (χ1v) is 7.85. The SMILES string of the molecule is O=C(/C=C/c1ccccc1Br)Nc1ccc(-n2cccn2)cc1. The van der Waals surface area contributed by atoms with Crippen LogP contribution in [0.1, 0.15) is 5.56 Å². The average Bonchev–Trinajstić information content (AvgIpc) is 3.09. The second-order valence-corrected chi connectivity index (χ2v) is 5.70. The molecule has 0 aliphatic heterocycles. The first-order chi connectivity index (χ1) is 11.2. The van der Waals surface area contributed by atoms with E-state index < -0.39 is 0 Å². The molecule has 5 heteroatoms. The summed E-state index contributed by atoms with van der Waals surface area (Å²) in [6.07, 6.45) is 6.88. The number of anilines is 1. The van der Waals surface area contributed by atoms with E-state index in [0.717, 1.165) is 21.4 Å². The lowest BCUT2D eigenvalue weighted by molar-refractivity contribution is -0.111. The molecule has 0 fully saturated rings. The van der Waals surface area contributed by atoms with Gasteiger partial charge in [0.25, 0.3) is 0 Å². The van der Waals surface area contributed by atoms with Gasteiger partial charge in [0.05, 0.1) is 5.69 Å². The van der Waals surface area contributed by atoms with Crippen molar-refractivity contribution in [3.63, 3.8) is 0 Å². The van der Waals surface area contributed by atoms with Crippen LogP contribution < -0.4 is 5.32 Å². The summed E-state index contributed by atoms with van der Waals surface area (Å²) in [6.45, 7) is 0. The summed E-state index contributed by atoms with van der Waals surface area (Å²) in [4.78, 5) is 12.0. The van der Waals surface area contributed by atoms with Gasteiger partial charge in [-0.1, -0.05) is 34.1 Å². The van der Waals surface area contributed by atoms with Crippen LogP contribution in [0, 0.1) is 0 Å². The predicted octanol–water partition coefficient (Wildman–Crippen LogP) is 4.29. The van der Waals surface area contributed by atoms with Gasteiger partial charge in [0.2, 0.25) is 5.91 Å². The molecule has 1 amide bonds. The van der Waals surface area contributed by atoms with Crippen molar-refractivity contribution in [1.82, 2.24) is 9.78 Å². The molecular weight excluding hydrogens is 354 g/mol. The highest BCUT2D eigenvalue weighted by Crippen LogP contribution is 2.17. The van der Waals surface area contributed by atoms with E-state index in [1.54, 1.807) is 17.0 Å². The predicted molar refractivity (Wildman–Crippen MR) is 95.4 cm³/mol. The fourth-order valence-corrected chi connectivity index (χ4v) is 2.50. The number of carbonyl (C=O) groups excluding carboxylic acids is 1. The number of amides is 1. The third-order valence-corrected chi connectivity index (χ3v) is 3.95. The maximum atomic E-state index is 12.0. The molecule has 0 aliphatic carbocycles. The van der Waals surface area contributed by atoms with E-state index in [4.69, 9.17) is 0 Å². The van der Waals surface area contributed by atoms with Crippen molar-refractivity contribution in [2.24, 2.45) is 0 Å². The maximum Gasteiger partial charge on any atom is 0.248 e. The molecule has 1 aromatic heterocycles. The Labute approximate surface area is 142 Å². The molecule has 0 saturated heterocycles. The second-order valence-electron chi connectivity index (χ2n) is 4.84. The van der Waals surface area contributed by atoms with Crippen molar-refractivity contribution >= 4 is 33.6 Å². The number of aromatic nitrogens is 2. The summed E-state index contributed by atoms with van der Waals surface area (Å²) in [5.41, 5.74) is 2.64. The maximum absolute atomic E-state index is 12.0. The summed E-state index contributed by atoms with van der Waals surface area (Å²) < 4.78 is 2.71. The molecule has 0 saturated carbocycles. The fraction of sp³-hybridized carbons (Fsp3) is 0. The van der Waals surface area contributed by atoms with E-state index in [9.17, 15) is 4.79 Å². The number of carbonyl (C=O) groups is 1. The Morgan fingerprint density at radius 3 is 2.57 bits per heavy atom. The van der Waals surface area contributed by atoms with Gasteiger partial charge in [0.1, 0.15) is 0 Å². The van der Waals surface area contributed by atoms with Crippen LogP contribution in [0.15, 0.2) is 77.5 Å². The van der Waals surface area contributed by atoms with Crippen LogP contribution in [0.5, 0.6) is 0 Å². The van der Waals surface area contributed by atoms with E-state index in [2.05, 4.69) is 26.3 Å². The fourth-order valence-electron chi connectivity index (χ4n) is 2.08. The third-order valence-electron chi connectivity index (χ3n) is 3.22. The number of rotatable bonds is 4. The summed E-state index contributed by atoms with van der Waals surface area (Å²) in [5.74, 6) is -0.174. The van der Waals surface area contributed by atoms with E-state index in [0.29, 0.717) is 0 Å². The summed E-state index contributed by atoms with van der Waals surface area (Å²) in [6, 6.07) is 17.1. The zero-order valence-corrected chi connectivity index (χ0v) is 13.8. The van der Waals surface area contributed by atoms with Crippen molar-refractivity contribution in [3.8, 4) is 5.69 Å². The highest BCUT2D eigenvalue weighted by molar-refractivity contribution is 9.10. The van der Waals surface area contributed by atoms with Crippen molar-refractivity contribution < 1.29 is 4.79 Å². The number of nitrogens with zero attached hydrogens (tertiary/aromatic N) is 2. The van der Waals surface area contributed by atoms with Gasteiger partial charge in [-0.3, -0.25) is 4.79 Å². The second kappa shape index (κ2) is 7.07. The monoisotopic (exact) mass is 367 g/mol. The minimum atomic E-state index is -0.174. The Balaban J connectivity index is 1.65. The standard InChI is InChI=1S/C18H14BrN3O/c19-17-5-2-1-4-14(17)6-11-18(23)21-15-7-9-16(10-8-15)22-13-3-12-20-22/h1-13H,(H,21,23)/b11-6+. The lowest BCUT2D eigenvalue weighted by atomic mass is 10.2. The number of nitrogens with one attached hydrogen (secondary N) is 1. The third kappa shape index (κ3) is 3.96. The van der Waals surface area contributed by atoms with Crippen molar-refractivity contribution in [1.29, 1.82) is 0 Å². The number of benzene rings is 2. The minimum Gasteiger partial charge on any atom is -0.323 e. The molecule has 0 radical (unpaired) electrons. The van der Waals surface area contributed by atoms with Crippen molar-refractivity contribution in [3.05, 3.63) is 83.1 Å².